The van der Waals surface area contributed by atoms with Gasteiger partial charge in [0.1, 0.15) is 11.5 Å². The second-order valence-electron chi connectivity index (χ2n) is 2.54. The van der Waals surface area contributed by atoms with Crippen molar-refractivity contribution in [1.29, 1.82) is 0 Å². The molecule has 1 amide bonds. The molecule has 0 atom stereocenters. The monoisotopic (exact) mass is 196 g/mol. The van der Waals surface area contributed by atoms with Crippen molar-refractivity contribution in [2.75, 3.05) is 0 Å². The van der Waals surface area contributed by atoms with Gasteiger partial charge < -0.3 is 5.73 Å². The summed E-state index contributed by atoms with van der Waals surface area (Å²) >= 11 is 1.13. The molecule has 1 aromatic carbocycles. The molecule has 0 unspecified atom stereocenters. The van der Waals surface area contributed by atoms with Crippen LogP contribution in [0.5, 0.6) is 0 Å². The Morgan fingerprint density at radius 1 is 1.54 bits per heavy atom. The summed E-state index contributed by atoms with van der Waals surface area (Å²) in [6.45, 7) is 0. The van der Waals surface area contributed by atoms with E-state index in [2.05, 4.69) is 4.37 Å². The van der Waals surface area contributed by atoms with Crippen LogP contribution in [0.4, 0.5) is 4.39 Å². The number of fused-ring (bicyclic) bond motifs is 1. The van der Waals surface area contributed by atoms with Crippen LogP contribution in [0, 0.1) is 5.82 Å². The molecule has 0 radical (unpaired) electrons. The van der Waals surface area contributed by atoms with E-state index in [1.54, 1.807) is 6.07 Å². The van der Waals surface area contributed by atoms with Gasteiger partial charge in [0.2, 0.25) is 0 Å². The maximum Gasteiger partial charge on any atom is 0.269 e. The third-order valence-electron chi connectivity index (χ3n) is 1.67. The molecule has 0 spiro atoms. The molecule has 5 heteroatoms. The van der Waals surface area contributed by atoms with Crippen LogP contribution in [0.25, 0.3) is 10.1 Å². The molecule has 1 heterocycles. The molecule has 0 aliphatic carbocycles. The highest BCUT2D eigenvalue weighted by Gasteiger charge is 2.11. The van der Waals surface area contributed by atoms with E-state index in [1.165, 1.54) is 12.1 Å². The molecule has 2 aromatic rings. The molecule has 0 aliphatic heterocycles. The number of nitrogens with zero attached hydrogens (tertiary/aromatic N) is 1. The third kappa shape index (κ3) is 1.27. The fourth-order valence-electron chi connectivity index (χ4n) is 1.09. The highest BCUT2D eigenvalue weighted by Crippen LogP contribution is 2.22. The number of hydrogen-bond acceptors (Lipinski definition) is 3. The van der Waals surface area contributed by atoms with Crippen LogP contribution in [-0.2, 0) is 0 Å². The van der Waals surface area contributed by atoms with Crippen molar-refractivity contribution in [3.8, 4) is 0 Å². The lowest BCUT2D eigenvalue weighted by atomic mass is 10.2. The summed E-state index contributed by atoms with van der Waals surface area (Å²) in [7, 11) is 0. The summed E-state index contributed by atoms with van der Waals surface area (Å²) in [6.07, 6.45) is 0. The van der Waals surface area contributed by atoms with Gasteiger partial charge in [0.25, 0.3) is 5.91 Å². The summed E-state index contributed by atoms with van der Waals surface area (Å²) in [5.41, 5.74) is 5.20. The normalized spacial score (nSPS) is 10.5. The first-order valence-electron chi connectivity index (χ1n) is 3.53. The molecule has 3 nitrogen and oxygen atoms in total. The fourth-order valence-corrected chi connectivity index (χ4v) is 1.85. The first-order valence-corrected chi connectivity index (χ1v) is 4.30. The standard InChI is InChI=1S/C8H5FN2OS/c9-4-1-2-6-5(3-4)7(8(10)12)11-13-6/h1-3H,(H2,10,12). The maximum absolute atomic E-state index is 12.8. The maximum atomic E-state index is 12.8. The van der Waals surface area contributed by atoms with E-state index in [-0.39, 0.29) is 5.69 Å². The number of aromatic nitrogens is 1. The number of hydrogen-bond donors (Lipinski definition) is 1. The number of carbonyl (C=O) groups excluding carboxylic acids is 1. The van der Waals surface area contributed by atoms with Gasteiger partial charge >= 0.3 is 0 Å². The van der Waals surface area contributed by atoms with Crippen LogP contribution < -0.4 is 5.73 Å². The quantitative estimate of drug-likeness (QED) is 0.752. The molecule has 2 N–H and O–H groups in total. The first-order chi connectivity index (χ1) is 6.18. The minimum Gasteiger partial charge on any atom is -0.364 e. The Kier molecular flexibility index (Phi) is 1.73. The van der Waals surface area contributed by atoms with Gasteiger partial charge in [-0.25, -0.2) is 4.39 Å². The SMILES string of the molecule is NC(=O)c1nsc2ccc(F)cc12. The Balaban J connectivity index is 2.79. The third-order valence-corrected chi connectivity index (χ3v) is 2.49. The van der Waals surface area contributed by atoms with E-state index >= 15 is 0 Å². The van der Waals surface area contributed by atoms with Gasteiger partial charge in [-0.2, -0.15) is 4.37 Å². The van der Waals surface area contributed by atoms with Gasteiger partial charge in [-0.15, -0.1) is 0 Å². The van der Waals surface area contributed by atoms with Gasteiger partial charge in [-0.05, 0) is 29.7 Å². The lowest BCUT2D eigenvalue weighted by Crippen LogP contribution is -2.11. The molecule has 1 aromatic heterocycles. The summed E-state index contributed by atoms with van der Waals surface area (Å²) in [5.74, 6) is -1.02. The summed E-state index contributed by atoms with van der Waals surface area (Å²) < 4.78 is 17.4. The zero-order valence-corrected chi connectivity index (χ0v) is 7.27. The van der Waals surface area contributed by atoms with Crippen molar-refractivity contribution in [1.82, 2.24) is 4.37 Å². The van der Waals surface area contributed by atoms with E-state index in [0.717, 1.165) is 16.2 Å². The van der Waals surface area contributed by atoms with Crippen LogP contribution in [0.2, 0.25) is 0 Å². The van der Waals surface area contributed by atoms with Gasteiger partial charge in [0.15, 0.2) is 0 Å². The molecule has 0 saturated carbocycles. The van der Waals surface area contributed by atoms with Crippen LogP contribution in [-0.4, -0.2) is 10.3 Å². The van der Waals surface area contributed by atoms with Crippen molar-refractivity contribution in [3.63, 3.8) is 0 Å². The zero-order valence-electron chi connectivity index (χ0n) is 6.45. The molecule has 0 aliphatic rings. The van der Waals surface area contributed by atoms with Crippen molar-refractivity contribution in [2.24, 2.45) is 5.73 Å². The topological polar surface area (TPSA) is 56.0 Å². The summed E-state index contributed by atoms with van der Waals surface area (Å²) in [5, 5.41) is 0.484. The second kappa shape index (κ2) is 2.77. The van der Waals surface area contributed by atoms with Gasteiger partial charge in [-0.1, -0.05) is 0 Å². The number of primary amides is 1. The van der Waals surface area contributed by atoms with E-state index in [0.29, 0.717) is 5.39 Å². The number of nitrogens with two attached hydrogens (primary N) is 1. The highest BCUT2D eigenvalue weighted by atomic mass is 32.1. The van der Waals surface area contributed by atoms with Crippen LogP contribution in [0.15, 0.2) is 18.2 Å². The lowest BCUT2D eigenvalue weighted by molar-refractivity contribution is 0.0998. The number of benzene rings is 1. The van der Waals surface area contributed by atoms with Crippen LogP contribution >= 0.6 is 11.5 Å². The molecular formula is C8H5FN2OS. The van der Waals surface area contributed by atoms with E-state index < -0.39 is 11.7 Å². The Bertz CT molecular complexity index is 480. The summed E-state index contributed by atoms with van der Waals surface area (Å²) in [6, 6.07) is 4.17. The Morgan fingerprint density at radius 2 is 2.31 bits per heavy atom. The average Bonchev–Trinajstić information content (AvgIpc) is 2.46. The number of amides is 1. The molecule has 66 valence electrons. The number of halogens is 1. The van der Waals surface area contributed by atoms with E-state index in [1.807, 2.05) is 0 Å². The molecule has 13 heavy (non-hydrogen) atoms. The van der Waals surface area contributed by atoms with Crippen molar-refractivity contribution in [2.45, 2.75) is 0 Å². The number of carbonyl (C=O) groups is 1. The summed E-state index contributed by atoms with van der Waals surface area (Å²) in [4.78, 5) is 10.8. The van der Waals surface area contributed by atoms with Crippen molar-refractivity contribution >= 4 is 27.5 Å². The largest absolute Gasteiger partial charge is 0.364 e. The molecule has 2 rings (SSSR count). The van der Waals surface area contributed by atoms with Crippen LogP contribution in [0.1, 0.15) is 10.5 Å². The van der Waals surface area contributed by atoms with Crippen molar-refractivity contribution in [3.05, 3.63) is 29.7 Å². The van der Waals surface area contributed by atoms with E-state index in [4.69, 9.17) is 5.73 Å². The Morgan fingerprint density at radius 3 is 3.00 bits per heavy atom. The second-order valence-corrected chi connectivity index (χ2v) is 3.34. The minimum atomic E-state index is -0.628. The van der Waals surface area contributed by atoms with Crippen molar-refractivity contribution < 1.29 is 9.18 Å². The zero-order chi connectivity index (χ0) is 9.42. The smallest absolute Gasteiger partial charge is 0.269 e. The Labute approximate surface area is 77.1 Å². The molecule has 0 bridgehead atoms. The first kappa shape index (κ1) is 8.12. The van der Waals surface area contributed by atoms with Gasteiger partial charge in [-0.3, -0.25) is 4.79 Å². The molecule has 0 fully saturated rings. The minimum absolute atomic E-state index is 0.138. The highest BCUT2D eigenvalue weighted by molar-refractivity contribution is 7.13. The molecular weight excluding hydrogens is 191 g/mol. The van der Waals surface area contributed by atoms with Crippen LogP contribution in [0.3, 0.4) is 0 Å². The molecule has 0 saturated heterocycles. The Hall–Kier alpha value is -1.49. The van der Waals surface area contributed by atoms with E-state index in [9.17, 15) is 9.18 Å². The lowest BCUT2D eigenvalue weighted by Gasteiger charge is -1.90. The average molecular weight is 196 g/mol. The predicted octanol–water partition coefficient (Wildman–Crippen LogP) is 1.53. The van der Waals surface area contributed by atoms with Gasteiger partial charge in [0, 0.05) is 5.39 Å². The number of rotatable bonds is 1. The predicted molar refractivity (Wildman–Crippen MR) is 48.1 cm³/mol. The van der Waals surface area contributed by atoms with Gasteiger partial charge in [0.05, 0.1) is 4.70 Å². The fraction of sp³-hybridized carbons (Fsp3) is 0.